The summed E-state index contributed by atoms with van der Waals surface area (Å²) < 4.78 is 1.64. The molecular formula is C11H9N5O. The molecule has 1 N–H and O–H groups in total. The SMILES string of the molecule is Cc1ccc2cc(/C=N/O)c3nnnn3c2c1. The lowest BCUT2D eigenvalue weighted by Gasteiger charge is -2.03. The Morgan fingerprint density at radius 3 is 3.06 bits per heavy atom. The van der Waals surface area contributed by atoms with Crippen LogP contribution in [0.2, 0.25) is 0 Å². The molecule has 17 heavy (non-hydrogen) atoms. The average molecular weight is 227 g/mol. The first-order valence-corrected chi connectivity index (χ1v) is 5.08. The number of nitrogens with zero attached hydrogens (tertiary/aromatic N) is 5. The minimum Gasteiger partial charge on any atom is -0.411 e. The summed E-state index contributed by atoms with van der Waals surface area (Å²) in [4.78, 5) is 0. The molecule has 1 aromatic carbocycles. The summed E-state index contributed by atoms with van der Waals surface area (Å²) in [6.45, 7) is 2.01. The van der Waals surface area contributed by atoms with Gasteiger partial charge in [0.1, 0.15) is 0 Å². The normalized spacial score (nSPS) is 11.8. The number of aryl methyl sites for hydroxylation is 1. The number of hydrogen-bond acceptors (Lipinski definition) is 5. The Morgan fingerprint density at radius 1 is 1.35 bits per heavy atom. The molecule has 0 amide bonds. The third-order valence-electron chi connectivity index (χ3n) is 2.65. The van der Waals surface area contributed by atoms with Gasteiger partial charge in [0.2, 0.25) is 0 Å². The predicted octanol–water partition coefficient (Wildman–Crippen LogP) is 1.39. The quantitative estimate of drug-likeness (QED) is 0.387. The molecule has 0 saturated carbocycles. The fraction of sp³-hybridized carbons (Fsp3) is 0.0909. The summed E-state index contributed by atoms with van der Waals surface area (Å²) in [6, 6.07) is 7.90. The number of aromatic nitrogens is 4. The molecule has 0 unspecified atom stereocenters. The number of pyridine rings is 1. The highest BCUT2D eigenvalue weighted by Crippen LogP contribution is 2.19. The first-order chi connectivity index (χ1) is 8.29. The highest BCUT2D eigenvalue weighted by molar-refractivity contribution is 5.94. The first kappa shape index (κ1) is 9.71. The van der Waals surface area contributed by atoms with Gasteiger partial charge in [-0.1, -0.05) is 17.3 Å². The summed E-state index contributed by atoms with van der Waals surface area (Å²) in [7, 11) is 0. The van der Waals surface area contributed by atoms with Crippen molar-refractivity contribution in [2.24, 2.45) is 5.16 Å². The molecule has 0 aliphatic rings. The molecule has 3 rings (SSSR count). The monoisotopic (exact) mass is 227 g/mol. The topological polar surface area (TPSA) is 75.7 Å². The van der Waals surface area contributed by atoms with Crippen LogP contribution in [0.25, 0.3) is 16.6 Å². The van der Waals surface area contributed by atoms with E-state index >= 15 is 0 Å². The van der Waals surface area contributed by atoms with Gasteiger partial charge in [-0.15, -0.1) is 5.10 Å². The van der Waals surface area contributed by atoms with E-state index in [0.29, 0.717) is 11.2 Å². The number of rotatable bonds is 1. The Labute approximate surface area is 96.2 Å². The van der Waals surface area contributed by atoms with E-state index in [2.05, 4.69) is 20.7 Å². The predicted molar refractivity (Wildman–Crippen MR) is 62.4 cm³/mol. The smallest absolute Gasteiger partial charge is 0.188 e. The number of oxime groups is 1. The molecule has 0 saturated heterocycles. The molecule has 0 bridgehead atoms. The van der Waals surface area contributed by atoms with E-state index in [-0.39, 0.29) is 0 Å². The minimum atomic E-state index is 0.570. The van der Waals surface area contributed by atoms with Gasteiger partial charge in [-0.2, -0.15) is 4.52 Å². The molecule has 2 aromatic heterocycles. The fourth-order valence-corrected chi connectivity index (χ4v) is 1.88. The highest BCUT2D eigenvalue weighted by atomic mass is 16.4. The molecular weight excluding hydrogens is 218 g/mol. The lowest BCUT2D eigenvalue weighted by Crippen LogP contribution is -1.96. The Balaban J connectivity index is 2.51. The summed E-state index contributed by atoms with van der Waals surface area (Å²) in [6.07, 6.45) is 1.32. The van der Waals surface area contributed by atoms with Crippen LogP contribution in [-0.2, 0) is 0 Å². The molecule has 0 atom stereocenters. The van der Waals surface area contributed by atoms with E-state index in [1.807, 2.05) is 31.2 Å². The van der Waals surface area contributed by atoms with Crippen molar-refractivity contribution in [3.63, 3.8) is 0 Å². The van der Waals surface area contributed by atoms with Crippen molar-refractivity contribution >= 4 is 22.8 Å². The van der Waals surface area contributed by atoms with Crippen LogP contribution in [0.15, 0.2) is 29.4 Å². The van der Waals surface area contributed by atoms with E-state index in [1.165, 1.54) is 6.21 Å². The van der Waals surface area contributed by atoms with Gasteiger partial charge in [0.05, 0.1) is 11.7 Å². The number of fused-ring (bicyclic) bond motifs is 3. The molecule has 0 fully saturated rings. The molecule has 6 nitrogen and oxygen atoms in total. The van der Waals surface area contributed by atoms with Gasteiger partial charge in [0.25, 0.3) is 0 Å². The van der Waals surface area contributed by atoms with Crippen LogP contribution in [0.1, 0.15) is 11.1 Å². The van der Waals surface area contributed by atoms with E-state index in [9.17, 15) is 0 Å². The summed E-state index contributed by atoms with van der Waals surface area (Å²) >= 11 is 0. The largest absolute Gasteiger partial charge is 0.411 e. The maximum atomic E-state index is 8.62. The van der Waals surface area contributed by atoms with Gasteiger partial charge in [0.15, 0.2) is 5.65 Å². The summed E-state index contributed by atoms with van der Waals surface area (Å²) in [5, 5.41) is 24.1. The van der Waals surface area contributed by atoms with Gasteiger partial charge >= 0.3 is 0 Å². The zero-order chi connectivity index (χ0) is 11.8. The van der Waals surface area contributed by atoms with Gasteiger partial charge in [-0.05, 0) is 35.0 Å². The molecule has 0 aliphatic heterocycles. The van der Waals surface area contributed by atoms with Crippen molar-refractivity contribution in [2.75, 3.05) is 0 Å². The van der Waals surface area contributed by atoms with Crippen LogP contribution >= 0.6 is 0 Å². The van der Waals surface area contributed by atoms with E-state index in [0.717, 1.165) is 16.5 Å². The summed E-state index contributed by atoms with van der Waals surface area (Å²) in [5.41, 5.74) is 3.31. The van der Waals surface area contributed by atoms with E-state index in [4.69, 9.17) is 5.21 Å². The fourth-order valence-electron chi connectivity index (χ4n) is 1.88. The van der Waals surface area contributed by atoms with Crippen LogP contribution in [0, 0.1) is 6.92 Å². The maximum Gasteiger partial charge on any atom is 0.188 e. The van der Waals surface area contributed by atoms with Crippen LogP contribution < -0.4 is 0 Å². The Bertz CT molecular complexity index is 731. The molecule has 3 aromatic rings. The van der Waals surface area contributed by atoms with Gasteiger partial charge in [0, 0.05) is 10.9 Å². The molecule has 2 heterocycles. The van der Waals surface area contributed by atoms with Crippen LogP contribution in [0.4, 0.5) is 0 Å². The third-order valence-corrected chi connectivity index (χ3v) is 2.65. The lowest BCUT2D eigenvalue weighted by atomic mass is 10.1. The zero-order valence-corrected chi connectivity index (χ0v) is 9.07. The molecule has 0 aliphatic carbocycles. The van der Waals surface area contributed by atoms with Crippen LogP contribution in [-0.4, -0.2) is 31.5 Å². The minimum absolute atomic E-state index is 0.570. The second kappa shape index (κ2) is 3.51. The second-order valence-electron chi connectivity index (χ2n) is 3.82. The lowest BCUT2D eigenvalue weighted by molar-refractivity contribution is 0.322. The first-order valence-electron chi connectivity index (χ1n) is 5.08. The zero-order valence-electron chi connectivity index (χ0n) is 9.07. The van der Waals surface area contributed by atoms with E-state index in [1.54, 1.807) is 4.52 Å². The van der Waals surface area contributed by atoms with Gasteiger partial charge in [-0.25, -0.2) is 0 Å². The van der Waals surface area contributed by atoms with Gasteiger partial charge < -0.3 is 5.21 Å². The molecule has 0 radical (unpaired) electrons. The number of hydrogen-bond donors (Lipinski definition) is 1. The van der Waals surface area contributed by atoms with Crippen molar-refractivity contribution in [3.8, 4) is 0 Å². The average Bonchev–Trinajstić information content (AvgIpc) is 2.80. The Morgan fingerprint density at radius 2 is 2.24 bits per heavy atom. The van der Waals surface area contributed by atoms with Gasteiger partial charge in [-0.3, -0.25) is 0 Å². The third kappa shape index (κ3) is 1.42. The second-order valence-corrected chi connectivity index (χ2v) is 3.82. The van der Waals surface area contributed by atoms with Crippen molar-refractivity contribution < 1.29 is 5.21 Å². The Hall–Kier alpha value is -2.50. The van der Waals surface area contributed by atoms with Crippen molar-refractivity contribution in [1.29, 1.82) is 0 Å². The van der Waals surface area contributed by atoms with Crippen molar-refractivity contribution in [2.45, 2.75) is 6.92 Å². The molecule has 84 valence electrons. The van der Waals surface area contributed by atoms with Crippen molar-refractivity contribution in [3.05, 3.63) is 35.4 Å². The summed E-state index contributed by atoms with van der Waals surface area (Å²) in [5.74, 6) is 0. The van der Waals surface area contributed by atoms with E-state index < -0.39 is 0 Å². The molecule has 0 spiro atoms. The maximum absolute atomic E-state index is 8.62. The number of benzene rings is 1. The van der Waals surface area contributed by atoms with Crippen LogP contribution in [0.3, 0.4) is 0 Å². The highest BCUT2D eigenvalue weighted by Gasteiger charge is 2.08. The number of tetrazole rings is 1. The Kier molecular flexibility index (Phi) is 2.01. The molecule has 6 heteroatoms. The van der Waals surface area contributed by atoms with Crippen molar-refractivity contribution in [1.82, 2.24) is 20.0 Å². The standard InChI is InChI=1S/C11H9N5O/c1-7-2-3-8-5-9(6-12-17)11-13-14-15-16(11)10(8)4-7/h2-6,17H,1H3/b12-6+. The van der Waals surface area contributed by atoms with Crippen LogP contribution in [0.5, 0.6) is 0 Å².